The molecular weight excluding hydrogens is 308 g/mol. The Morgan fingerprint density at radius 3 is 1.17 bits per heavy atom. The van der Waals surface area contributed by atoms with E-state index < -0.39 is 11.9 Å². The van der Waals surface area contributed by atoms with Crippen molar-refractivity contribution >= 4 is 11.9 Å². The first-order valence-corrected chi connectivity index (χ1v) is 8.60. The summed E-state index contributed by atoms with van der Waals surface area (Å²) in [6.07, 6.45) is 8.43. The maximum absolute atomic E-state index is 10.5. The van der Waals surface area contributed by atoms with Crippen LogP contribution in [-0.4, -0.2) is 48.3 Å². The van der Waals surface area contributed by atoms with Crippen molar-refractivity contribution in [2.24, 2.45) is 0 Å². The van der Waals surface area contributed by atoms with E-state index in [1.54, 1.807) is 0 Å². The molecule has 1 aromatic carbocycles. The number of aromatic carboxylic acids is 2. The second-order valence-corrected chi connectivity index (χ2v) is 5.78. The smallest absolute Gasteiger partial charge is 0.336 e. The molecule has 0 aromatic heterocycles. The Morgan fingerprint density at radius 2 is 1.00 bits per heavy atom. The Labute approximate surface area is 143 Å². The van der Waals surface area contributed by atoms with Crippen LogP contribution in [0.5, 0.6) is 0 Å². The lowest BCUT2D eigenvalue weighted by Gasteiger charge is -2.08. The third kappa shape index (κ3) is 8.64. The van der Waals surface area contributed by atoms with Crippen LogP contribution >= 0.6 is 0 Å². The van der Waals surface area contributed by atoms with Crippen molar-refractivity contribution in [1.29, 1.82) is 0 Å². The van der Waals surface area contributed by atoms with Gasteiger partial charge in [-0.05, 0) is 64.0 Å². The molecule has 0 unspecified atom stereocenters. The highest BCUT2D eigenvalue weighted by molar-refractivity contribution is 6.01. The van der Waals surface area contributed by atoms with Gasteiger partial charge in [-0.1, -0.05) is 25.0 Å². The van der Waals surface area contributed by atoms with E-state index >= 15 is 0 Å². The van der Waals surface area contributed by atoms with Crippen molar-refractivity contribution < 1.29 is 19.8 Å². The molecule has 24 heavy (non-hydrogen) atoms. The summed E-state index contributed by atoms with van der Waals surface area (Å²) in [5.74, 6) is -2.46. The molecule has 2 heterocycles. The predicted octanol–water partition coefficient (Wildman–Crippen LogP) is 2.60. The summed E-state index contributed by atoms with van der Waals surface area (Å²) in [6, 6.07) is 5.48. The van der Waals surface area contributed by atoms with Crippen LogP contribution in [0.25, 0.3) is 0 Å². The van der Waals surface area contributed by atoms with Crippen LogP contribution in [0.4, 0.5) is 0 Å². The highest BCUT2D eigenvalue weighted by Crippen LogP contribution is 2.07. The van der Waals surface area contributed by atoms with Crippen LogP contribution in [0.2, 0.25) is 0 Å². The Balaban J connectivity index is 0.000000200. The van der Waals surface area contributed by atoms with Crippen LogP contribution in [0.1, 0.15) is 59.2 Å². The Kier molecular flexibility index (Phi) is 10.5. The molecule has 6 nitrogen and oxygen atoms in total. The van der Waals surface area contributed by atoms with E-state index in [0.29, 0.717) is 0 Å². The number of rotatable bonds is 2. The van der Waals surface area contributed by atoms with Crippen LogP contribution in [0.15, 0.2) is 24.3 Å². The first kappa shape index (κ1) is 20.1. The monoisotopic (exact) mass is 336 g/mol. The van der Waals surface area contributed by atoms with Gasteiger partial charge in [-0.15, -0.1) is 0 Å². The molecule has 0 spiro atoms. The molecule has 0 saturated carbocycles. The molecule has 2 fully saturated rings. The lowest BCUT2D eigenvalue weighted by molar-refractivity contribution is 0.0651. The van der Waals surface area contributed by atoms with Gasteiger partial charge < -0.3 is 20.8 Å². The molecule has 1 aromatic rings. The normalized spacial score (nSPS) is 16.7. The molecule has 0 amide bonds. The highest BCUT2D eigenvalue weighted by atomic mass is 16.4. The van der Waals surface area contributed by atoms with Gasteiger partial charge in [0.05, 0.1) is 11.1 Å². The maximum atomic E-state index is 10.5. The van der Waals surface area contributed by atoms with E-state index in [1.165, 1.54) is 89.0 Å². The summed E-state index contributed by atoms with van der Waals surface area (Å²) in [5, 5.41) is 23.7. The third-order valence-corrected chi connectivity index (χ3v) is 3.80. The number of benzene rings is 1. The minimum atomic E-state index is -1.23. The van der Waals surface area contributed by atoms with Gasteiger partial charge in [0.25, 0.3) is 0 Å². The van der Waals surface area contributed by atoms with Crippen molar-refractivity contribution in [1.82, 2.24) is 10.6 Å². The van der Waals surface area contributed by atoms with Gasteiger partial charge >= 0.3 is 11.9 Å². The van der Waals surface area contributed by atoms with Gasteiger partial charge in [0.15, 0.2) is 0 Å². The molecule has 0 bridgehead atoms. The largest absolute Gasteiger partial charge is 0.478 e. The fourth-order valence-corrected chi connectivity index (χ4v) is 2.46. The van der Waals surface area contributed by atoms with Crippen molar-refractivity contribution in [3.63, 3.8) is 0 Å². The zero-order chi connectivity index (χ0) is 17.6. The molecule has 0 atom stereocenters. The number of carboxylic acids is 2. The second-order valence-electron chi connectivity index (χ2n) is 5.78. The number of hydrogen-bond acceptors (Lipinski definition) is 4. The van der Waals surface area contributed by atoms with Crippen molar-refractivity contribution in [2.45, 2.75) is 38.5 Å². The third-order valence-electron chi connectivity index (χ3n) is 3.80. The summed E-state index contributed by atoms with van der Waals surface area (Å²) in [5.41, 5.74) is -0.380. The number of carbonyl (C=O) groups is 2. The number of piperidine rings is 2. The van der Waals surface area contributed by atoms with Gasteiger partial charge in [-0.3, -0.25) is 0 Å². The van der Waals surface area contributed by atoms with Crippen molar-refractivity contribution in [3.8, 4) is 0 Å². The van der Waals surface area contributed by atoms with Crippen molar-refractivity contribution in [2.75, 3.05) is 26.2 Å². The zero-order valence-electron chi connectivity index (χ0n) is 14.1. The van der Waals surface area contributed by atoms with Crippen LogP contribution in [0, 0.1) is 0 Å². The molecule has 3 rings (SSSR count). The van der Waals surface area contributed by atoms with E-state index in [2.05, 4.69) is 10.6 Å². The first-order chi connectivity index (χ1) is 11.6. The molecule has 6 heteroatoms. The van der Waals surface area contributed by atoms with Crippen molar-refractivity contribution in [3.05, 3.63) is 35.4 Å². The number of hydrogen-bond donors (Lipinski definition) is 4. The Morgan fingerprint density at radius 1 is 0.667 bits per heavy atom. The molecule has 0 aliphatic carbocycles. The average Bonchev–Trinajstić information content (AvgIpc) is 2.65. The SMILES string of the molecule is C1CCNCC1.C1CCNCC1.O=C(O)c1ccccc1C(=O)O. The average molecular weight is 336 g/mol. The van der Waals surface area contributed by atoms with Gasteiger partial charge in [0.2, 0.25) is 0 Å². The summed E-state index contributed by atoms with van der Waals surface area (Å²) < 4.78 is 0. The van der Waals surface area contributed by atoms with E-state index in [-0.39, 0.29) is 11.1 Å². The standard InChI is InChI=1S/C8H6O4.2C5H11N/c9-7(10)5-3-1-2-4-6(5)8(11)12;2*1-2-4-6-5-3-1/h1-4H,(H,9,10)(H,11,12);2*6H,1-5H2. The fraction of sp³-hybridized carbons (Fsp3) is 0.556. The van der Waals surface area contributed by atoms with E-state index in [1.807, 2.05) is 0 Å². The molecule has 2 aliphatic rings. The summed E-state index contributed by atoms with van der Waals surface area (Å²) >= 11 is 0. The molecule has 4 N–H and O–H groups in total. The molecule has 2 aliphatic heterocycles. The minimum absolute atomic E-state index is 0.190. The van der Waals surface area contributed by atoms with Gasteiger partial charge in [-0.2, -0.15) is 0 Å². The van der Waals surface area contributed by atoms with Crippen LogP contribution < -0.4 is 10.6 Å². The Hall–Kier alpha value is -1.92. The maximum Gasteiger partial charge on any atom is 0.336 e. The minimum Gasteiger partial charge on any atom is -0.478 e. The number of carboxylic acid groups (broad SMARTS) is 2. The topological polar surface area (TPSA) is 98.7 Å². The van der Waals surface area contributed by atoms with Crippen LogP contribution in [-0.2, 0) is 0 Å². The molecule has 2 saturated heterocycles. The van der Waals surface area contributed by atoms with Gasteiger partial charge in [0, 0.05) is 0 Å². The highest BCUT2D eigenvalue weighted by Gasteiger charge is 2.13. The van der Waals surface area contributed by atoms with E-state index in [9.17, 15) is 9.59 Å². The summed E-state index contributed by atoms with van der Waals surface area (Å²) in [6.45, 7) is 5.00. The second kappa shape index (κ2) is 12.5. The van der Waals surface area contributed by atoms with E-state index in [0.717, 1.165) is 0 Å². The zero-order valence-corrected chi connectivity index (χ0v) is 14.1. The predicted molar refractivity (Wildman–Crippen MR) is 93.8 cm³/mol. The van der Waals surface area contributed by atoms with Crippen LogP contribution in [0.3, 0.4) is 0 Å². The quantitative estimate of drug-likeness (QED) is 0.663. The van der Waals surface area contributed by atoms with E-state index in [4.69, 9.17) is 10.2 Å². The fourth-order valence-electron chi connectivity index (χ4n) is 2.46. The number of nitrogens with one attached hydrogen (secondary N) is 2. The molecular formula is C18H28N2O4. The lowest BCUT2D eigenvalue weighted by atomic mass is 10.1. The summed E-state index contributed by atoms with van der Waals surface area (Å²) in [7, 11) is 0. The first-order valence-electron chi connectivity index (χ1n) is 8.60. The Bertz CT molecular complexity index is 430. The lowest BCUT2D eigenvalue weighted by Crippen LogP contribution is -2.21. The van der Waals surface area contributed by atoms with Gasteiger partial charge in [0.1, 0.15) is 0 Å². The molecule has 134 valence electrons. The van der Waals surface area contributed by atoms with Gasteiger partial charge in [-0.25, -0.2) is 9.59 Å². The summed E-state index contributed by atoms with van der Waals surface area (Å²) in [4.78, 5) is 20.9. The molecule has 0 radical (unpaired) electrons.